The van der Waals surface area contributed by atoms with E-state index in [2.05, 4.69) is 16.2 Å². The maximum atomic E-state index is 12.7. The van der Waals surface area contributed by atoms with Crippen molar-refractivity contribution in [3.63, 3.8) is 0 Å². The minimum absolute atomic E-state index is 0.0642. The van der Waals surface area contributed by atoms with Crippen LogP contribution in [0.1, 0.15) is 18.9 Å². The fraction of sp³-hybridized carbons (Fsp3) is 0.364. The number of nitrogens with one attached hydrogen (secondary N) is 3. The van der Waals surface area contributed by atoms with Gasteiger partial charge in [0.05, 0.1) is 11.3 Å². The molecule has 0 spiro atoms. The summed E-state index contributed by atoms with van der Waals surface area (Å²) in [5, 5.41) is 3.10. The zero-order valence-electron chi connectivity index (χ0n) is 9.77. The second-order valence-electron chi connectivity index (χ2n) is 3.55. The fourth-order valence-electron chi connectivity index (χ4n) is 1.25. The zero-order valence-corrected chi connectivity index (χ0v) is 10.6. The van der Waals surface area contributed by atoms with Crippen molar-refractivity contribution in [2.75, 3.05) is 12.0 Å². The third kappa shape index (κ3) is 4.40. The van der Waals surface area contributed by atoms with E-state index >= 15 is 0 Å². The van der Waals surface area contributed by atoms with E-state index in [9.17, 15) is 13.2 Å². The summed E-state index contributed by atoms with van der Waals surface area (Å²) < 4.78 is 38.0. The molecule has 0 unspecified atom stereocenters. The summed E-state index contributed by atoms with van der Waals surface area (Å²) in [6, 6.07) is 5.19. The van der Waals surface area contributed by atoms with Crippen LogP contribution in [-0.2, 0) is 6.18 Å². The van der Waals surface area contributed by atoms with Crippen LogP contribution >= 0.6 is 12.2 Å². The van der Waals surface area contributed by atoms with Crippen molar-refractivity contribution < 1.29 is 13.2 Å². The first-order valence-electron chi connectivity index (χ1n) is 5.41. The number of hydrogen-bond donors (Lipinski definition) is 3. The first kappa shape index (κ1) is 14.6. The lowest BCUT2D eigenvalue weighted by atomic mass is 10.2. The van der Waals surface area contributed by atoms with Crippen LogP contribution in [0.15, 0.2) is 24.3 Å². The van der Waals surface area contributed by atoms with Gasteiger partial charge in [0.15, 0.2) is 5.11 Å². The third-order valence-corrected chi connectivity index (χ3v) is 2.33. The van der Waals surface area contributed by atoms with Crippen LogP contribution in [0.2, 0.25) is 0 Å². The molecule has 0 aliphatic heterocycles. The number of alkyl halides is 3. The van der Waals surface area contributed by atoms with E-state index in [4.69, 9.17) is 12.2 Å². The Morgan fingerprint density at radius 3 is 2.56 bits per heavy atom. The highest BCUT2D eigenvalue weighted by atomic mass is 32.1. The Hall–Kier alpha value is -1.50. The maximum Gasteiger partial charge on any atom is 0.418 e. The molecule has 0 bridgehead atoms. The van der Waals surface area contributed by atoms with Crippen molar-refractivity contribution in [2.24, 2.45) is 0 Å². The van der Waals surface area contributed by atoms with Crippen LogP contribution in [0.3, 0.4) is 0 Å². The van der Waals surface area contributed by atoms with Crippen molar-refractivity contribution in [3.8, 4) is 0 Å². The van der Waals surface area contributed by atoms with Crippen LogP contribution in [0.5, 0.6) is 0 Å². The number of rotatable bonds is 4. The average molecular weight is 277 g/mol. The van der Waals surface area contributed by atoms with Crippen molar-refractivity contribution in [1.82, 2.24) is 10.7 Å². The van der Waals surface area contributed by atoms with Gasteiger partial charge < -0.3 is 5.32 Å². The van der Waals surface area contributed by atoms with Gasteiger partial charge in [0.25, 0.3) is 0 Å². The van der Waals surface area contributed by atoms with Gasteiger partial charge in [0.2, 0.25) is 0 Å². The summed E-state index contributed by atoms with van der Waals surface area (Å²) in [7, 11) is 0. The van der Waals surface area contributed by atoms with Gasteiger partial charge in [-0.25, -0.2) is 0 Å². The highest BCUT2D eigenvalue weighted by molar-refractivity contribution is 7.80. The number of para-hydroxylation sites is 1. The van der Waals surface area contributed by atoms with Gasteiger partial charge in [-0.1, -0.05) is 19.1 Å². The lowest BCUT2D eigenvalue weighted by molar-refractivity contribution is -0.137. The summed E-state index contributed by atoms with van der Waals surface area (Å²) >= 11 is 4.89. The molecule has 0 fully saturated rings. The molecule has 1 rings (SSSR count). The van der Waals surface area contributed by atoms with Gasteiger partial charge >= 0.3 is 6.18 Å². The van der Waals surface area contributed by atoms with E-state index in [0.29, 0.717) is 6.54 Å². The SMILES string of the molecule is CCCNC(=S)NNc1ccccc1C(F)(F)F. The Morgan fingerprint density at radius 1 is 1.28 bits per heavy atom. The van der Waals surface area contributed by atoms with Crippen molar-refractivity contribution in [3.05, 3.63) is 29.8 Å². The molecular formula is C11H14F3N3S. The summed E-state index contributed by atoms with van der Waals surface area (Å²) in [6.45, 7) is 2.62. The Bertz CT molecular complexity index is 407. The lowest BCUT2D eigenvalue weighted by Gasteiger charge is -2.16. The fourth-order valence-corrected chi connectivity index (χ4v) is 1.40. The Balaban J connectivity index is 2.65. The van der Waals surface area contributed by atoms with Gasteiger partial charge in [-0.3, -0.25) is 10.9 Å². The Labute approximate surface area is 109 Å². The molecular weight excluding hydrogens is 263 g/mol. The number of benzene rings is 1. The van der Waals surface area contributed by atoms with Gasteiger partial charge in [0.1, 0.15) is 0 Å². The molecule has 0 atom stereocenters. The van der Waals surface area contributed by atoms with Gasteiger partial charge in [-0.15, -0.1) is 0 Å². The van der Waals surface area contributed by atoms with Gasteiger partial charge in [-0.2, -0.15) is 13.2 Å². The van der Waals surface area contributed by atoms with Crippen LogP contribution in [0, 0.1) is 0 Å². The van der Waals surface area contributed by atoms with Gasteiger partial charge in [0, 0.05) is 6.54 Å². The summed E-state index contributed by atoms with van der Waals surface area (Å²) in [5.41, 5.74) is 4.17. The normalized spacial score (nSPS) is 10.9. The van der Waals surface area contributed by atoms with Gasteiger partial charge in [-0.05, 0) is 30.8 Å². The smallest absolute Gasteiger partial charge is 0.361 e. The molecule has 0 amide bonds. The number of thiocarbonyl (C=S) groups is 1. The molecule has 0 radical (unpaired) electrons. The molecule has 0 saturated carbocycles. The van der Waals surface area contributed by atoms with E-state index in [1.807, 2.05) is 6.92 Å². The molecule has 0 heterocycles. The largest absolute Gasteiger partial charge is 0.418 e. The van der Waals surface area contributed by atoms with E-state index in [1.54, 1.807) is 0 Å². The first-order chi connectivity index (χ1) is 8.45. The van der Waals surface area contributed by atoms with Crippen LogP contribution in [0.4, 0.5) is 18.9 Å². The molecule has 100 valence electrons. The summed E-state index contributed by atoms with van der Waals surface area (Å²) in [6.07, 6.45) is -3.52. The van der Waals surface area contributed by atoms with E-state index in [1.165, 1.54) is 18.2 Å². The quantitative estimate of drug-likeness (QED) is 0.584. The monoisotopic (exact) mass is 277 g/mol. The van der Waals surface area contributed by atoms with Crippen molar-refractivity contribution in [2.45, 2.75) is 19.5 Å². The van der Waals surface area contributed by atoms with Crippen molar-refractivity contribution >= 4 is 23.0 Å². The second kappa shape index (κ2) is 6.44. The molecule has 18 heavy (non-hydrogen) atoms. The van der Waals surface area contributed by atoms with Crippen LogP contribution < -0.4 is 16.2 Å². The second-order valence-corrected chi connectivity index (χ2v) is 3.96. The third-order valence-electron chi connectivity index (χ3n) is 2.08. The molecule has 0 aliphatic carbocycles. The molecule has 1 aromatic rings. The molecule has 7 heteroatoms. The number of hydrazine groups is 1. The molecule has 0 aliphatic rings. The zero-order chi connectivity index (χ0) is 13.6. The van der Waals surface area contributed by atoms with E-state index in [-0.39, 0.29) is 10.8 Å². The molecule has 0 saturated heterocycles. The van der Waals surface area contributed by atoms with Crippen LogP contribution in [-0.4, -0.2) is 11.7 Å². The van der Waals surface area contributed by atoms with Crippen LogP contribution in [0.25, 0.3) is 0 Å². The summed E-state index contributed by atoms with van der Waals surface area (Å²) in [5.74, 6) is 0. The highest BCUT2D eigenvalue weighted by Gasteiger charge is 2.33. The van der Waals surface area contributed by atoms with E-state index < -0.39 is 11.7 Å². The molecule has 3 nitrogen and oxygen atoms in total. The maximum absolute atomic E-state index is 12.7. The number of anilines is 1. The molecule has 0 aromatic heterocycles. The number of halogens is 3. The summed E-state index contributed by atoms with van der Waals surface area (Å²) in [4.78, 5) is 0. The Morgan fingerprint density at radius 2 is 1.94 bits per heavy atom. The predicted octanol–water partition coefficient (Wildman–Crippen LogP) is 2.91. The highest BCUT2D eigenvalue weighted by Crippen LogP contribution is 2.34. The minimum atomic E-state index is -4.40. The van der Waals surface area contributed by atoms with Crippen molar-refractivity contribution in [1.29, 1.82) is 0 Å². The standard InChI is InChI=1S/C11H14F3N3S/c1-2-7-15-10(18)17-16-9-6-4-3-5-8(9)11(12,13)14/h3-6,16H,2,7H2,1H3,(H2,15,17,18). The topological polar surface area (TPSA) is 36.1 Å². The lowest BCUT2D eigenvalue weighted by Crippen LogP contribution is -2.39. The van der Waals surface area contributed by atoms with E-state index in [0.717, 1.165) is 12.5 Å². The number of hydrogen-bond acceptors (Lipinski definition) is 2. The minimum Gasteiger partial charge on any atom is -0.361 e. The first-order valence-corrected chi connectivity index (χ1v) is 5.82. The molecule has 1 aromatic carbocycles. The predicted molar refractivity (Wildman–Crippen MR) is 69.1 cm³/mol. The Kier molecular flexibility index (Phi) is 5.21. The average Bonchev–Trinajstić information content (AvgIpc) is 2.33. The molecule has 3 N–H and O–H groups in total.